The SMILES string of the molecule is Cl.O=C(Cl)C(F)c1ccc2ncccc2c1. The maximum atomic E-state index is 13.3. The number of benzene rings is 1. The van der Waals surface area contributed by atoms with Crippen LogP contribution in [0.1, 0.15) is 11.7 Å². The number of pyridine rings is 1. The highest BCUT2D eigenvalue weighted by atomic mass is 35.5. The minimum Gasteiger partial charge on any atom is -0.278 e. The summed E-state index contributed by atoms with van der Waals surface area (Å²) in [5, 5.41) is -0.214. The van der Waals surface area contributed by atoms with E-state index in [1.807, 2.05) is 0 Å². The number of aromatic nitrogens is 1. The van der Waals surface area contributed by atoms with Crippen molar-refractivity contribution in [2.75, 3.05) is 0 Å². The number of carbonyl (C=O) groups excluding carboxylic acids is 1. The predicted octanol–water partition coefficient (Wildman–Crippen LogP) is 3.43. The molecule has 1 atom stereocenters. The van der Waals surface area contributed by atoms with Gasteiger partial charge in [-0.25, -0.2) is 4.39 Å². The van der Waals surface area contributed by atoms with Gasteiger partial charge in [0.2, 0.25) is 0 Å². The van der Waals surface area contributed by atoms with Gasteiger partial charge in [-0.15, -0.1) is 12.4 Å². The van der Waals surface area contributed by atoms with E-state index in [-0.39, 0.29) is 18.0 Å². The fourth-order valence-electron chi connectivity index (χ4n) is 1.38. The Morgan fingerprint density at radius 2 is 2.12 bits per heavy atom. The summed E-state index contributed by atoms with van der Waals surface area (Å²) in [6, 6.07) is 8.31. The summed E-state index contributed by atoms with van der Waals surface area (Å²) in [6.07, 6.45) is -0.113. The topological polar surface area (TPSA) is 30.0 Å². The Morgan fingerprint density at radius 3 is 2.81 bits per heavy atom. The molecule has 0 aliphatic carbocycles. The van der Waals surface area contributed by atoms with E-state index in [0.29, 0.717) is 0 Å². The smallest absolute Gasteiger partial charge is 0.260 e. The fraction of sp³-hybridized carbons (Fsp3) is 0.0909. The molecule has 0 amide bonds. The van der Waals surface area contributed by atoms with Gasteiger partial charge in [0, 0.05) is 11.6 Å². The molecule has 0 radical (unpaired) electrons. The van der Waals surface area contributed by atoms with E-state index in [0.717, 1.165) is 10.9 Å². The van der Waals surface area contributed by atoms with Crippen molar-refractivity contribution in [3.63, 3.8) is 0 Å². The van der Waals surface area contributed by atoms with Crippen LogP contribution in [0.15, 0.2) is 36.5 Å². The molecule has 1 heterocycles. The van der Waals surface area contributed by atoms with Crippen LogP contribution in [0.5, 0.6) is 0 Å². The van der Waals surface area contributed by atoms with E-state index >= 15 is 0 Å². The Labute approximate surface area is 103 Å². The number of alkyl halides is 1. The molecule has 2 aromatic rings. The molecule has 84 valence electrons. The molecular formula is C11H8Cl2FNO. The maximum absolute atomic E-state index is 13.3. The molecule has 0 spiro atoms. The Kier molecular flexibility index (Phi) is 4.21. The van der Waals surface area contributed by atoms with Crippen molar-refractivity contribution in [1.29, 1.82) is 0 Å². The summed E-state index contributed by atoms with van der Waals surface area (Å²) in [6.45, 7) is 0. The molecule has 0 aliphatic rings. The first-order valence-electron chi connectivity index (χ1n) is 4.36. The van der Waals surface area contributed by atoms with Crippen LogP contribution in [0.4, 0.5) is 4.39 Å². The Morgan fingerprint density at radius 1 is 1.38 bits per heavy atom. The second-order valence-electron chi connectivity index (χ2n) is 3.12. The number of hydrogen-bond acceptors (Lipinski definition) is 2. The summed E-state index contributed by atoms with van der Waals surface area (Å²) in [7, 11) is 0. The molecule has 0 saturated carbocycles. The summed E-state index contributed by atoms with van der Waals surface area (Å²) < 4.78 is 13.3. The van der Waals surface area contributed by atoms with Gasteiger partial charge in [-0.3, -0.25) is 9.78 Å². The summed E-state index contributed by atoms with van der Waals surface area (Å²) in [5.41, 5.74) is 1.02. The molecule has 5 heteroatoms. The van der Waals surface area contributed by atoms with Crippen LogP contribution in [0, 0.1) is 0 Å². The van der Waals surface area contributed by atoms with E-state index in [2.05, 4.69) is 4.98 Å². The highest BCUT2D eigenvalue weighted by molar-refractivity contribution is 6.64. The molecule has 2 rings (SSSR count). The zero-order valence-electron chi connectivity index (χ0n) is 8.06. The zero-order chi connectivity index (χ0) is 10.8. The van der Waals surface area contributed by atoms with Crippen molar-refractivity contribution >= 4 is 40.2 Å². The monoisotopic (exact) mass is 259 g/mol. The highest BCUT2D eigenvalue weighted by Gasteiger charge is 2.17. The van der Waals surface area contributed by atoms with Gasteiger partial charge >= 0.3 is 0 Å². The second-order valence-corrected chi connectivity index (χ2v) is 3.49. The minimum atomic E-state index is -1.77. The van der Waals surface area contributed by atoms with Crippen molar-refractivity contribution in [2.45, 2.75) is 6.17 Å². The Hall–Kier alpha value is -1.19. The van der Waals surface area contributed by atoms with Gasteiger partial charge in [-0.1, -0.05) is 12.1 Å². The van der Waals surface area contributed by atoms with Crippen LogP contribution in [-0.2, 0) is 4.79 Å². The van der Waals surface area contributed by atoms with Crippen LogP contribution in [0.3, 0.4) is 0 Å². The first-order chi connectivity index (χ1) is 7.18. The molecule has 0 fully saturated rings. The van der Waals surface area contributed by atoms with E-state index < -0.39 is 11.4 Å². The lowest BCUT2D eigenvalue weighted by atomic mass is 10.1. The fourth-order valence-corrected chi connectivity index (χ4v) is 1.51. The average molecular weight is 260 g/mol. The third kappa shape index (κ3) is 2.49. The number of rotatable bonds is 2. The lowest BCUT2D eigenvalue weighted by Gasteiger charge is -2.04. The van der Waals surface area contributed by atoms with Gasteiger partial charge in [-0.2, -0.15) is 0 Å². The zero-order valence-corrected chi connectivity index (χ0v) is 9.63. The van der Waals surface area contributed by atoms with Crippen molar-refractivity contribution < 1.29 is 9.18 Å². The van der Waals surface area contributed by atoms with Crippen molar-refractivity contribution in [1.82, 2.24) is 4.98 Å². The number of carbonyl (C=O) groups is 1. The predicted molar refractivity (Wildman–Crippen MR) is 63.7 cm³/mol. The van der Waals surface area contributed by atoms with Crippen molar-refractivity contribution in [2.24, 2.45) is 0 Å². The van der Waals surface area contributed by atoms with Crippen LogP contribution in [-0.4, -0.2) is 10.2 Å². The van der Waals surface area contributed by atoms with Crippen molar-refractivity contribution in [3.8, 4) is 0 Å². The molecule has 2 nitrogen and oxygen atoms in total. The quantitative estimate of drug-likeness (QED) is 0.774. The van der Waals surface area contributed by atoms with E-state index in [9.17, 15) is 9.18 Å². The lowest BCUT2D eigenvalue weighted by molar-refractivity contribution is -0.116. The third-order valence-electron chi connectivity index (χ3n) is 2.12. The Balaban J connectivity index is 0.00000128. The van der Waals surface area contributed by atoms with E-state index in [4.69, 9.17) is 11.6 Å². The van der Waals surface area contributed by atoms with Gasteiger partial charge in [-0.05, 0) is 35.4 Å². The van der Waals surface area contributed by atoms with Crippen LogP contribution in [0.25, 0.3) is 10.9 Å². The summed E-state index contributed by atoms with van der Waals surface area (Å²) >= 11 is 5.08. The standard InChI is InChI=1S/C11H7ClFNO.ClH/c12-11(15)10(13)8-3-4-9-7(6-8)2-1-5-14-9;/h1-6,10H;1H. The van der Waals surface area contributed by atoms with E-state index in [1.54, 1.807) is 30.5 Å². The molecule has 0 N–H and O–H groups in total. The second kappa shape index (κ2) is 5.23. The third-order valence-corrected chi connectivity index (χ3v) is 2.31. The summed E-state index contributed by atoms with van der Waals surface area (Å²) in [4.78, 5) is 14.7. The van der Waals surface area contributed by atoms with Gasteiger partial charge in [0.25, 0.3) is 5.24 Å². The minimum absolute atomic E-state index is 0. The molecule has 1 aromatic heterocycles. The molecule has 1 aromatic carbocycles. The Bertz CT molecular complexity index is 518. The number of fused-ring (bicyclic) bond motifs is 1. The molecule has 0 saturated heterocycles. The molecule has 16 heavy (non-hydrogen) atoms. The molecule has 1 unspecified atom stereocenters. The van der Waals surface area contributed by atoms with Gasteiger partial charge in [0.15, 0.2) is 6.17 Å². The normalized spacial score (nSPS) is 11.9. The van der Waals surface area contributed by atoms with Gasteiger partial charge in [0.05, 0.1) is 5.52 Å². The van der Waals surface area contributed by atoms with Gasteiger partial charge in [0.1, 0.15) is 0 Å². The molecular weight excluding hydrogens is 252 g/mol. The van der Waals surface area contributed by atoms with Crippen LogP contribution < -0.4 is 0 Å². The first-order valence-corrected chi connectivity index (χ1v) is 4.74. The number of nitrogens with zero attached hydrogens (tertiary/aromatic N) is 1. The highest BCUT2D eigenvalue weighted by Crippen LogP contribution is 2.23. The van der Waals surface area contributed by atoms with Crippen molar-refractivity contribution in [3.05, 3.63) is 42.1 Å². The summed E-state index contributed by atoms with van der Waals surface area (Å²) in [5.74, 6) is 0. The van der Waals surface area contributed by atoms with Crippen LogP contribution >= 0.6 is 24.0 Å². The maximum Gasteiger partial charge on any atom is 0.260 e. The lowest BCUT2D eigenvalue weighted by Crippen LogP contribution is -1.99. The molecule has 0 bridgehead atoms. The molecule has 0 aliphatic heterocycles. The number of hydrogen-bond donors (Lipinski definition) is 0. The first kappa shape index (κ1) is 12.9. The van der Waals surface area contributed by atoms with Gasteiger partial charge < -0.3 is 0 Å². The van der Waals surface area contributed by atoms with E-state index in [1.165, 1.54) is 6.07 Å². The number of halogens is 3. The average Bonchev–Trinajstić information content (AvgIpc) is 2.27. The van der Waals surface area contributed by atoms with Crippen LogP contribution in [0.2, 0.25) is 0 Å². The largest absolute Gasteiger partial charge is 0.278 e.